The molecule has 0 fully saturated rings. The zero-order chi connectivity index (χ0) is 9.40. The highest BCUT2D eigenvalue weighted by Gasteiger charge is 2.04. The highest BCUT2D eigenvalue weighted by molar-refractivity contribution is 9.11. The Kier molecular flexibility index (Phi) is 7.08. The molecule has 1 aromatic heterocycles. The Labute approximate surface area is 86.3 Å². The molecule has 1 aromatic rings. The Morgan fingerprint density at radius 3 is 2.25 bits per heavy atom. The summed E-state index contributed by atoms with van der Waals surface area (Å²) in [5.74, 6) is -0.218. The number of hydrogen-bond acceptors (Lipinski definition) is 3. The van der Waals surface area contributed by atoms with E-state index in [1.165, 1.54) is 18.4 Å². The molecule has 0 unspecified atom stereocenters. The van der Waals surface area contributed by atoms with Crippen LogP contribution in [0.25, 0.3) is 0 Å². The van der Waals surface area contributed by atoms with Crippen LogP contribution in [0.1, 0.15) is 0 Å². The van der Waals surface area contributed by atoms with Crippen molar-refractivity contribution in [1.29, 1.82) is 0 Å². The molecule has 0 aromatic carbocycles. The number of nitro groups is 1. The normalized spacial score (nSPS) is 8.50. The average molecular weight is 301 g/mol. The minimum atomic E-state index is -0.583. The summed E-state index contributed by atoms with van der Waals surface area (Å²) in [6, 6.07) is 2.76. The number of alkyl halides is 2. The molecule has 68 valence electrons. The van der Waals surface area contributed by atoms with Crippen molar-refractivity contribution in [2.45, 2.75) is 0 Å². The molecule has 0 saturated heterocycles. The fraction of sp³-hybridized carbons (Fsp3) is 0.333. The molecular formula is C6H7Br2NO3. The Hall–Kier alpha value is -0.360. The monoisotopic (exact) mass is 299 g/mol. The molecule has 4 nitrogen and oxygen atoms in total. The van der Waals surface area contributed by atoms with Crippen LogP contribution in [0.4, 0.5) is 5.88 Å². The third-order valence-corrected chi connectivity index (χ3v) is 2.61. The van der Waals surface area contributed by atoms with Crippen LogP contribution in [0.3, 0.4) is 0 Å². The zero-order valence-electron chi connectivity index (χ0n) is 6.07. The number of halogens is 2. The standard InChI is InChI=1S/C4H3NO3.C2H4Br2/c6-5(7)4-2-1-3-8-4;3-1-2-4/h1-3H;1-2H2. The van der Waals surface area contributed by atoms with Crippen molar-refractivity contribution < 1.29 is 9.34 Å². The van der Waals surface area contributed by atoms with Gasteiger partial charge in [-0.1, -0.05) is 31.9 Å². The van der Waals surface area contributed by atoms with Crippen LogP contribution >= 0.6 is 31.9 Å². The lowest BCUT2D eigenvalue weighted by Crippen LogP contribution is -1.81. The van der Waals surface area contributed by atoms with E-state index in [2.05, 4.69) is 36.3 Å². The van der Waals surface area contributed by atoms with Crippen LogP contribution in [0.15, 0.2) is 22.8 Å². The Morgan fingerprint density at radius 1 is 1.50 bits per heavy atom. The summed E-state index contributed by atoms with van der Waals surface area (Å²) in [6.45, 7) is 0. The van der Waals surface area contributed by atoms with Crippen LogP contribution in [0.2, 0.25) is 0 Å². The molecule has 0 aliphatic heterocycles. The van der Waals surface area contributed by atoms with E-state index in [1.54, 1.807) is 0 Å². The largest absolute Gasteiger partial charge is 0.432 e. The lowest BCUT2D eigenvalue weighted by atomic mass is 10.6. The average Bonchev–Trinajstić information content (AvgIpc) is 2.57. The van der Waals surface area contributed by atoms with Crippen molar-refractivity contribution in [2.24, 2.45) is 0 Å². The van der Waals surface area contributed by atoms with Gasteiger partial charge in [0.1, 0.15) is 4.92 Å². The van der Waals surface area contributed by atoms with E-state index in [1.807, 2.05) is 0 Å². The summed E-state index contributed by atoms with van der Waals surface area (Å²) in [7, 11) is 0. The minimum absolute atomic E-state index is 0.218. The van der Waals surface area contributed by atoms with Gasteiger partial charge < -0.3 is 4.42 Å². The lowest BCUT2D eigenvalue weighted by Gasteiger charge is -1.76. The topological polar surface area (TPSA) is 56.3 Å². The highest BCUT2D eigenvalue weighted by atomic mass is 79.9. The summed E-state index contributed by atoms with van der Waals surface area (Å²) in [5, 5.41) is 11.9. The maximum atomic E-state index is 9.77. The molecule has 0 saturated carbocycles. The second-order valence-corrected chi connectivity index (χ2v) is 3.17. The Morgan fingerprint density at radius 2 is 2.08 bits per heavy atom. The zero-order valence-corrected chi connectivity index (χ0v) is 9.25. The van der Waals surface area contributed by atoms with E-state index in [4.69, 9.17) is 0 Å². The SMILES string of the molecule is BrCCBr.O=[N+]([O-])c1ccco1. The van der Waals surface area contributed by atoms with Crippen molar-refractivity contribution in [3.05, 3.63) is 28.5 Å². The first-order valence-corrected chi connectivity index (χ1v) is 5.26. The summed E-state index contributed by atoms with van der Waals surface area (Å²) in [4.78, 5) is 9.19. The highest BCUT2D eigenvalue weighted by Crippen LogP contribution is 2.08. The molecule has 0 atom stereocenters. The molecule has 1 rings (SSSR count). The second kappa shape index (κ2) is 7.30. The lowest BCUT2D eigenvalue weighted by molar-refractivity contribution is -0.402. The van der Waals surface area contributed by atoms with Crippen molar-refractivity contribution >= 4 is 37.7 Å². The van der Waals surface area contributed by atoms with Crippen LogP contribution in [0.5, 0.6) is 0 Å². The first kappa shape index (κ1) is 11.6. The molecule has 0 bridgehead atoms. The first-order valence-electron chi connectivity index (χ1n) is 3.02. The Balaban J connectivity index is 0.000000261. The van der Waals surface area contributed by atoms with E-state index in [9.17, 15) is 10.1 Å². The molecule has 12 heavy (non-hydrogen) atoms. The van der Waals surface area contributed by atoms with Gasteiger partial charge in [-0.3, -0.25) is 10.1 Å². The molecule has 0 amide bonds. The van der Waals surface area contributed by atoms with Gasteiger partial charge in [0.15, 0.2) is 0 Å². The molecule has 0 spiro atoms. The second-order valence-electron chi connectivity index (χ2n) is 1.59. The fourth-order valence-corrected chi connectivity index (χ4v) is 0.374. The Bertz CT molecular complexity index is 211. The quantitative estimate of drug-likeness (QED) is 0.479. The molecule has 6 heteroatoms. The minimum Gasteiger partial charge on any atom is -0.409 e. The summed E-state index contributed by atoms with van der Waals surface area (Å²) in [5.41, 5.74) is 0. The van der Waals surface area contributed by atoms with Gasteiger partial charge in [-0.15, -0.1) is 0 Å². The van der Waals surface area contributed by atoms with Gasteiger partial charge in [-0.25, -0.2) is 0 Å². The van der Waals surface area contributed by atoms with Gasteiger partial charge in [0.05, 0.1) is 12.3 Å². The van der Waals surface area contributed by atoms with E-state index in [0.717, 1.165) is 10.7 Å². The van der Waals surface area contributed by atoms with Gasteiger partial charge in [0, 0.05) is 10.7 Å². The predicted molar refractivity (Wildman–Crippen MR) is 53.0 cm³/mol. The molecule has 0 aliphatic rings. The van der Waals surface area contributed by atoms with Gasteiger partial charge in [-0.2, -0.15) is 0 Å². The van der Waals surface area contributed by atoms with Gasteiger partial charge >= 0.3 is 5.88 Å². The molecule has 0 aliphatic carbocycles. The van der Waals surface area contributed by atoms with E-state index in [-0.39, 0.29) is 5.88 Å². The van der Waals surface area contributed by atoms with Crippen molar-refractivity contribution in [1.82, 2.24) is 0 Å². The maximum Gasteiger partial charge on any atom is 0.432 e. The van der Waals surface area contributed by atoms with Gasteiger partial charge in [0.2, 0.25) is 0 Å². The number of hydrogen-bond donors (Lipinski definition) is 0. The third-order valence-electron chi connectivity index (χ3n) is 0.758. The number of furan rings is 1. The molecule has 0 radical (unpaired) electrons. The van der Waals surface area contributed by atoms with Crippen LogP contribution in [-0.2, 0) is 0 Å². The third kappa shape index (κ3) is 5.31. The maximum absolute atomic E-state index is 9.77. The predicted octanol–water partition coefficient (Wildman–Crippen LogP) is 2.96. The number of rotatable bonds is 2. The fourth-order valence-electron chi connectivity index (χ4n) is 0.374. The van der Waals surface area contributed by atoms with Gasteiger partial charge in [-0.05, 0) is 6.07 Å². The summed E-state index contributed by atoms with van der Waals surface area (Å²) >= 11 is 6.40. The molecule has 1 heterocycles. The van der Waals surface area contributed by atoms with Gasteiger partial charge in [0.25, 0.3) is 0 Å². The number of nitrogens with zero attached hydrogens (tertiary/aromatic N) is 1. The molecule has 0 N–H and O–H groups in total. The van der Waals surface area contributed by atoms with E-state index in [0.29, 0.717) is 0 Å². The van der Waals surface area contributed by atoms with E-state index >= 15 is 0 Å². The summed E-state index contributed by atoms with van der Waals surface area (Å²) < 4.78 is 4.40. The molecular weight excluding hydrogens is 294 g/mol. The van der Waals surface area contributed by atoms with Crippen LogP contribution in [0, 0.1) is 10.1 Å². The smallest absolute Gasteiger partial charge is 0.409 e. The van der Waals surface area contributed by atoms with Crippen molar-refractivity contribution in [2.75, 3.05) is 10.7 Å². The van der Waals surface area contributed by atoms with Crippen LogP contribution in [-0.4, -0.2) is 15.6 Å². The summed E-state index contributed by atoms with van der Waals surface area (Å²) in [6.07, 6.45) is 1.26. The van der Waals surface area contributed by atoms with Crippen molar-refractivity contribution in [3.63, 3.8) is 0 Å². The van der Waals surface area contributed by atoms with Crippen LogP contribution < -0.4 is 0 Å². The van der Waals surface area contributed by atoms with Crippen molar-refractivity contribution in [3.8, 4) is 0 Å². The van der Waals surface area contributed by atoms with E-state index < -0.39 is 4.92 Å². The first-order chi connectivity index (χ1) is 5.72.